The molecule has 3 aromatic rings. The minimum Gasteiger partial charge on any atom is -0.485 e. The first-order valence-electron chi connectivity index (χ1n) is 10.1. The third-order valence-corrected chi connectivity index (χ3v) is 5.16. The first kappa shape index (κ1) is 20.6. The van der Waals surface area contributed by atoms with Gasteiger partial charge in [-0.1, -0.05) is 0 Å². The molecule has 0 atom stereocenters. The molecule has 0 bridgehead atoms. The first-order chi connectivity index (χ1) is 15.0. The summed E-state index contributed by atoms with van der Waals surface area (Å²) in [6.45, 7) is 0.181. The van der Waals surface area contributed by atoms with Crippen molar-refractivity contribution in [2.45, 2.75) is 25.4 Å². The van der Waals surface area contributed by atoms with Gasteiger partial charge in [-0.05, 0) is 30.4 Å². The molecule has 1 fully saturated rings. The van der Waals surface area contributed by atoms with Crippen molar-refractivity contribution in [3.05, 3.63) is 42.0 Å². The van der Waals surface area contributed by atoms with E-state index >= 15 is 0 Å². The van der Waals surface area contributed by atoms with Crippen LogP contribution >= 0.6 is 0 Å². The van der Waals surface area contributed by atoms with Gasteiger partial charge in [0.15, 0.2) is 11.5 Å². The average Bonchev–Trinajstić information content (AvgIpc) is 3.54. The van der Waals surface area contributed by atoms with Crippen LogP contribution in [0.25, 0.3) is 5.65 Å². The summed E-state index contributed by atoms with van der Waals surface area (Å²) in [4.78, 5) is 31.6. The fourth-order valence-electron chi connectivity index (χ4n) is 3.25. The maximum absolute atomic E-state index is 12.2. The zero-order valence-electron chi connectivity index (χ0n) is 17.8. The quantitative estimate of drug-likeness (QED) is 0.522. The highest BCUT2D eigenvalue weighted by molar-refractivity contribution is 5.92. The van der Waals surface area contributed by atoms with Crippen molar-refractivity contribution < 1.29 is 14.3 Å². The Labute approximate surface area is 179 Å². The van der Waals surface area contributed by atoms with Crippen molar-refractivity contribution in [1.82, 2.24) is 24.5 Å². The van der Waals surface area contributed by atoms with Gasteiger partial charge < -0.3 is 24.3 Å². The van der Waals surface area contributed by atoms with E-state index in [1.807, 2.05) is 22.9 Å². The van der Waals surface area contributed by atoms with Gasteiger partial charge in [0.1, 0.15) is 18.9 Å². The van der Waals surface area contributed by atoms with E-state index in [-0.39, 0.29) is 19.1 Å². The van der Waals surface area contributed by atoms with Gasteiger partial charge in [-0.25, -0.2) is 4.98 Å². The maximum Gasteiger partial charge on any atom is 0.242 e. The summed E-state index contributed by atoms with van der Waals surface area (Å²) in [7, 11) is 5.09. The van der Waals surface area contributed by atoms with Crippen molar-refractivity contribution in [2.75, 3.05) is 37.9 Å². The molecule has 10 nitrogen and oxygen atoms in total. The Morgan fingerprint density at radius 2 is 2.13 bits per heavy atom. The largest absolute Gasteiger partial charge is 0.485 e. The predicted octanol–water partition coefficient (Wildman–Crippen LogP) is 1.67. The van der Waals surface area contributed by atoms with Crippen molar-refractivity contribution in [1.29, 1.82) is 0 Å². The summed E-state index contributed by atoms with van der Waals surface area (Å²) < 4.78 is 7.72. The molecule has 1 N–H and O–H groups in total. The van der Waals surface area contributed by atoms with Gasteiger partial charge >= 0.3 is 0 Å². The van der Waals surface area contributed by atoms with Crippen LogP contribution in [0.1, 0.15) is 30.0 Å². The molecule has 0 saturated heterocycles. The van der Waals surface area contributed by atoms with E-state index in [0.29, 0.717) is 40.9 Å². The van der Waals surface area contributed by atoms with Gasteiger partial charge in [-0.15, -0.1) is 5.10 Å². The second kappa shape index (κ2) is 8.58. The Bertz CT molecular complexity index is 1110. The molecule has 1 aliphatic carbocycles. The lowest BCUT2D eigenvalue weighted by Gasteiger charge is -2.20. The van der Waals surface area contributed by atoms with E-state index < -0.39 is 0 Å². The molecule has 1 aliphatic rings. The topological polar surface area (TPSA) is 105 Å². The van der Waals surface area contributed by atoms with Crippen LogP contribution in [-0.2, 0) is 16.2 Å². The Kier molecular flexibility index (Phi) is 5.70. The second-order valence-electron chi connectivity index (χ2n) is 7.73. The molecule has 3 aromatic heterocycles. The number of hydrogen-bond acceptors (Lipinski definition) is 7. The number of pyridine rings is 1. The second-order valence-corrected chi connectivity index (χ2v) is 7.73. The van der Waals surface area contributed by atoms with E-state index in [4.69, 9.17) is 4.74 Å². The van der Waals surface area contributed by atoms with Crippen LogP contribution in [0, 0.1) is 0 Å². The van der Waals surface area contributed by atoms with Gasteiger partial charge in [0, 0.05) is 39.6 Å². The molecule has 162 valence electrons. The molecule has 0 unspecified atom stereocenters. The van der Waals surface area contributed by atoms with Gasteiger partial charge in [0.2, 0.25) is 12.3 Å². The number of fused-ring (bicyclic) bond motifs is 1. The minimum atomic E-state index is -0.164. The number of aromatic nitrogens is 4. The number of hydrogen-bond donors (Lipinski definition) is 1. The molecule has 0 aromatic carbocycles. The first-order valence-corrected chi connectivity index (χ1v) is 10.1. The molecule has 10 heteroatoms. The fraction of sp³-hybridized carbons (Fsp3) is 0.381. The van der Waals surface area contributed by atoms with E-state index in [2.05, 4.69) is 20.5 Å². The van der Waals surface area contributed by atoms with E-state index in [1.165, 1.54) is 16.0 Å². The van der Waals surface area contributed by atoms with E-state index in [1.54, 1.807) is 27.2 Å². The maximum atomic E-state index is 12.2. The molecule has 0 spiro atoms. The highest BCUT2D eigenvalue weighted by Crippen LogP contribution is 2.41. The van der Waals surface area contributed by atoms with Crippen molar-refractivity contribution >= 4 is 29.5 Å². The van der Waals surface area contributed by atoms with E-state index in [0.717, 1.165) is 18.4 Å². The molecule has 31 heavy (non-hydrogen) atoms. The number of nitrogens with one attached hydrogen (secondary N) is 1. The van der Waals surface area contributed by atoms with Gasteiger partial charge in [-0.2, -0.15) is 5.10 Å². The SMILES string of the molecule is CNc1cc(OCc2cn3cc(C4CC4)cc(N(C=O)CC(=O)N(C)C)c3n2)cnn1. The molecule has 0 aliphatic heterocycles. The van der Waals surface area contributed by atoms with Gasteiger partial charge in [0.25, 0.3) is 0 Å². The molecule has 3 heterocycles. The zero-order chi connectivity index (χ0) is 22.0. The number of carbonyl (C=O) groups excluding carboxylic acids is 2. The van der Waals surface area contributed by atoms with Crippen LogP contribution in [-0.4, -0.2) is 64.5 Å². The number of carbonyl (C=O) groups is 2. The average molecular weight is 423 g/mol. The Hall–Kier alpha value is -3.69. The molecular weight excluding hydrogens is 398 g/mol. The van der Waals surface area contributed by atoms with Crippen molar-refractivity contribution in [3.63, 3.8) is 0 Å². The number of amides is 2. The Morgan fingerprint density at radius 1 is 1.32 bits per heavy atom. The molecule has 1 saturated carbocycles. The Balaban J connectivity index is 1.64. The Morgan fingerprint density at radius 3 is 2.81 bits per heavy atom. The summed E-state index contributed by atoms with van der Waals surface area (Å²) in [6.07, 6.45) is 8.38. The van der Waals surface area contributed by atoms with Gasteiger partial charge in [0.05, 0.1) is 17.6 Å². The molecular formula is C21H25N7O3. The van der Waals surface area contributed by atoms with Gasteiger partial charge in [-0.3, -0.25) is 9.59 Å². The summed E-state index contributed by atoms with van der Waals surface area (Å²) in [5.74, 6) is 1.49. The minimum absolute atomic E-state index is 0.0472. The van der Waals surface area contributed by atoms with E-state index in [9.17, 15) is 9.59 Å². The van der Waals surface area contributed by atoms with Crippen LogP contribution in [0.3, 0.4) is 0 Å². The zero-order valence-corrected chi connectivity index (χ0v) is 17.8. The van der Waals surface area contributed by atoms with Crippen LogP contribution in [0.15, 0.2) is 30.7 Å². The third kappa shape index (κ3) is 4.57. The smallest absolute Gasteiger partial charge is 0.242 e. The summed E-state index contributed by atoms with van der Waals surface area (Å²) in [6, 6.07) is 3.72. The lowest BCUT2D eigenvalue weighted by molar-refractivity contribution is -0.128. The number of imidazole rings is 1. The summed E-state index contributed by atoms with van der Waals surface area (Å²) in [5.41, 5.74) is 3.05. The standard InChI is InChI=1S/C21H25N7O3/c1-22-19-7-17(8-23-25-19)31-12-16-10-27-9-15(14-4-5-14)6-18(21(27)24-16)28(13-29)11-20(30)26(2)3/h6-10,13-14H,4-5,11-12H2,1-3H3,(H,22,25). The highest BCUT2D eigenvalue weighted by Gasteiger charge is 2.27. The molecule has 2 amide bonds. The van der Waals surface area contributed by atoms with Crippen LogP contribution < -0.4 is 15.0 Å². The normalized spacial score (nSPS) is 13.1. The number of likely N-dealkylation sites (N-methyl/N-ethyl adjacent to an activating group) is 1. The molecule has 4 rings (SSSR count). The van der Waals surface area contributed by atoms with Crippen LogP contribution in [0.2, 0.25) is 0 Å². The lowest BCUT2D eigenvalue weighted by atomic mass is 10.1. The van der Waals surface area contributed by atoms with Crippen molar-refractivity contribution in [2.24, 2.45) is 0 Å². The fourth-order valence-corrected chi connectivity index (χ4v) is 3.25. The summed E-state index contributed by atoms with van der Waals surface area (Å²) >= 11 is 0. The summed E-state index contributed by atoms with van der Waals surface area (Å²) in [5, 5.41) is 10.7. The lowest BCUT2D eigenvalue weighted by Crippen LogP contribution is -2.36. The number of anilines is 2. The molecule has 0 radical (unpaired) electrons. The van der Waals surface area contributed by atoms with Crippen LogP contribution in [0.5, 0.6) is 5.75 Å². The number of rotatable bonds is 9. The predicted molar refractivity (Wildman–Crippen MR) is 115 cm³/mol. The third-order valence-electron chi connectivity index (χ3n) is 5.16. The number of nitrogens with zero attached hydrogens (tertiary/aromatic N) is 6. The van der Waals surface area contributed by atoms with Crippen molar-refractivity contribution in [3.8, 4) is 5.75 Å². The number of ether oxygens (including phenoxy) is 1. The highest BCUT2D eigenvalue weighted by atomic mass is 16.5. The monoisotopic (exact) mass is 423 g/mol. The van der Waals surface area contributed by atoms with Crippen LogP contribution in [0.4, 0.5) is 11.5 Å².